The lowest BCUT2D eigenvalue weighted by Crippen LogP contribution is -2.45. The van der Waals surface area contributed by atoms with E-state index in [0.717, 1.165) is 51.4 Å². The lowest BCUT2D eigenvalue weighted by Gasteiger charge is -2.30. The summed E-state index contributed by atoms with van der Waals surface area (Å²) in [6.45, 7) is 6.63. The van der Waals surface area contributed by atoms with Gasteiger partial charge in [0.15, 0.2) is 11.6 Å². The fourth-order valence-electron chi connectivity index (χ4n) is 4.73. The third kappa shape index (κ3) is 4.28. The van der Waals surface area contributed by atoms with Gasteiger partial charge in [0.2, 0.25) is 0 Å². The monoisotopic (exact) mass is 396 g/mol. The van der Waals surface area contributed by atoms with Crippen LogP contribution < -0.4 is 0 Å². The first-order chi connectivity index (χ1) is 13.5. The van der Waals surface area contributed by atoms with Crippen molar-refractivity contribution in [2.24, 2.45) is 0 Å². The van der Waals surface area contributed by atoms with Crippen molar-refractivity contribution in [1.29, 1.82) is 0 Å². The van der Waals surface area contributed by atoms with Crippen LogP contribution in [0.3, 0.4) is 0 Å². The van der Waals surface area contributed by atoms with Gasteiger partial charge in [-0.1, -0.05) is 6.58 Å². The van der Waals surface area contributed by atoms with Crippen molar-refractivity contribution < 1.29 is 33.2 Å². The van der Waals surface area contributed by atoms with E-state index in [-0.39, 0.29) is 31.5 Å². The lowest BCUT2D eigenvalue weighted by molar-refractivity contribution is -0.205. The number of carbonyl (C=O) groups excluding carboxylic acids is 1. The molecule has 0 aromatic carbocycles. The van der Waals surface area contributed by atoms with Crippen molar-refractivity contribution >= 4 is 5.97 Å². The van der Waals surface area contributed by atoms with E-state index in [4.69, 9.17) is 28.4 Å². The molecule has 7 nitrogen and oxygen atoms in total. The van der Waals surface area contributed by atoms with E-state index in [0.29, 0.717) is 18.8 Å². The van der Waals surface area contributed by atoms with E-state index in [1.165, 1.54) is 0 Å². The largest absolute Gasteiger partial charge is 0.460 e. The average Bonchev–Trinajstić information content (AvgIpc) is 3.47. The Bertz CT molecular complexity index is 543. The Labute approximate surface area is 166 Å². The number of hydrogen-bond acceptors (Lipinski definition) is 7. The summed E-state index contributed by atoms with van der Waals surface area (Å²) in [5.41, 5.74) is 0.378. The lowest BCUT2D eigenvalue weighted by atomic mass is 10.1. The van der Waals surface area contributed by atoms with Crippen molar-refractivity contribution in [2.75, 3.05) is 26.4 Å². The molecule has 2 heterocycles. The van der Waals surface area contributed by atoms with Crippen molar-refractivity contribution in [3.8, 4) is 0 Å². The van der Waals surface area contributed by atoms with E-state index >= 15 is 0 Å². The summed E-state index contributed by atoms with van der Waals surface area (Å²) in [5, 5.41) is 0. The molecule has 0 aromatic heterocycles. The van der Waals surface area contributed by atoms with Crippen LogP contribution in [-0.2, 0) is 33.2 Å². The van der Waals surface area contributed by atoms with Crippen molar-refractivity contribution in [1.82, 2.24) is 0 Å². The first-order valence-electron chi connectivity index (χ1n) is 10.6. The Balaban J connectivity index is 1.37. The first-order valence-corrected chi connectivity index (χ1v) is 10.6. The number of rotatable bonds is 7. The molecule has 2 spiro atoms. The number of hydrogen-bond donors (Lipinski definition) is 0. The predicted molar refractivity (Wildman–Crippen MR) is 99.6 cm³/mol. The van der Waals surface area contributed by atoms with Crippen LogP contribution in [0, 0.1) is 0 Å². The predicted octanol–water partition coefficient (Wildman–Crippen LogP) is 2.86. The van der Waals surface area contributed by atoms with Gasteiger partial charge in [-0.2, -0.15) is 0 Å². The fraction of sp³-hybridized carbons (Fsp3) is 0.857. The molecule has 7 heteroatoms. The third-order valence-electron chi connectivity index (χ3n) is 6.19. The summed E-state index contributed by atoms with van der Waals surface area (Å²) < 4.78 is 36.1. The first kappa shape index (κ1) is 20.3. The normalized spacial score (nSPS) is 31.6. The van der Waals surface area contributed by atoms with Crippen molar-refractivity contribution in [3.05, 3.63) is 12.2 Å². The molecule has 0 aromatic rings. The third-order valence-corrected chi connectivity index (χ3v) is 6.19. The second-order valence-electron chi connectivity index (χ2n) is 8.42. The molecular formula is C21H32O7. The maximum atomic E-state index is 11.6. The molecule has 158 valence electrons. The maximum Gasteiger partial charge on any atom is 0.333 e. The summed E-state index contributed by atoms with van der Waals surface area (Å²) in [5.74, 6) is -1.32. The summed E-state index contributed by atoms with van der Waals surface area (Å²) in [6, 6.07) is 0. The number of carbonyl (C=O) groups is 1. The Morgan fingerprint density at radius 3 is 1.93 bits per heavy atom. The average molecular weight is 396 g/mol. The molecule has 2 aliphatic carbocycles. The van der Waals surface area contributed by atoms with Gasteiger partial charge in [0, 0.05) is 31.3 Å². The minimum Gasteiger partial charge on any atom is -0.460 e. The Morgan fingerprint density at radius 1 is 0.964 bits per heavy atom. The Hall–Kier alpha value is -0.990. The summed E-state index contributed by atoms with van der Waals surface area (Å²) in [4.78, 5) is 11.6. The van der Waals surface area contributed by atoms with E-state index in [1.807, 2.05) is 0 Å². The zero-order valence-corrected chi connectivity index (χ0v) is 16.8. The number of ether oxygens (including phenoxy) is 6. The van der Waals surface area contributed by atoms with Gasteiger partial charge in [-0.05, 0) is 32.6 Å². The van der Waals surface area contributed by atoms with E-state index in [2.05, 4.69) is 6.58 Å². The molecule has 4 aliphatic rings. The van der Waals surface area contributed by atoms with Crippen LogP contribution in [0.5, 0.6) is 0 Å². The van der Waals surface area contributed by atoms with Gasteiger partial charge in [0.05, 0.1) is 19.8 Å². The van der Waals surface area contributed by atoms with E-state index in [1.54, 1.807) is 6.92 Å². The second-order valence-corrected chi connectivity index (χ2v) is 8.42. The van der Waals surface area contributed by atoms with Crippen LogP contribution in [0.1, 0.15) is 58.3 Å². The van der Waals surface area contributed by atoms with Crippen molar-refractivity contribution in [3.63, 3.8) is 0 Å². The summed E-state index contributed by atoms with van der Waals surface area (Å²) in [6.07, 6.45) is 7.49. The highest BCUT2D eigenvalue weighted by Gasteiger charge is 2.52. The summed E-state index contributed by atoms with van der Waals surface area (Å²) >= 11 is 0. The van der Waals surface area contributed by atoms with E-state index < -0.39 is 17.5 Å². The molecule has 28 heavy (non-hydrogen) atoms. The molecule has 0 radical (unpaired) electrons. The van der Waals surface area contributed by atoms with Gasteiger partial charge in [0.1, 0.15) is 24.9 Å². The topological polar surface area (TPSA) is 72.5 Å². The highest BCUT2D eigenvalue weighted by Crippen LogP contribution is 2.44. The van der Waals surface area contributed by atoms with E-state index in [9.17, 15) is 4.79 Å². The SMILES string of the molecule is C=C(C)C(=O)OCCOC(C1COC2(CCCC2)O1)C1COC2(CCCC2)O1. The zero-order valence-electron chi connectivity index (χ0n) is 16.8. The molecule has 2 saturated heterocycles. The Kier molecular flexibility index (Phi) is 6.09. The molecule has 4 rings (SSSR count). The molecule has 0 bridgehead atoms. The highest BCUT2D eigenvalue weighted by atomic mass is 16.8. The smallest absolute Gasteiger partial charge is 0.333 e. The van der Waals surface area contributed by atoms with Gasteiger partial charge in [-0.25, -0.2) is 4.79 Å². The standard InChI is InChI=1S/C21H32O7/c1-15(2)19(22)24-12-11-23-18(16-13-25-20(27-16)7-3-4-8-20)17-14-26-21(28-17)9-5-6-10-21/h16-18H,1,3-14H2,2H3. The molecule has 2 saturated carbocycles. The molecule has 0 N–H and O–H groups in total. The molecule has 4 fully saturated rings. The Morgan fingerprint density at radius 2 is 1.46 bits per heavy atom. The molecule has 2 atom stereocenters. The van der Waals surface area contributed by atoms with Crippen LogP contribution in [-0.4, -0.2) is 62.3 Å². The van der Waals surface area contributed by atoms with Crippen LogP contribution >= 0.6 is 0 Å². The van der Waals surface area contributed by atoms with Gasteiger partial charge in [0.25, 0.3) is 0 Å². The summed E-state index contributed by atoms with van der Waals surface area (Å²) in [7, 11) is 0. The van der Waals surface area contributed by atoms with Crippen molar-refractivity contribution in [2.45, 2.75) is 88.2 Å². The second kappa shape index (κ2) is 8.40. The fourth-order valence-corrected chi connectivity index (χ4v) is 4.73. The molecule has 0 amide bonds. The van der Waals surface area contributed by atoms with Crippen LogP contribution in [0.25, 0.3) is 0 Å². The minimum absolute atomic E-state index is 0.166. The van der Waals surface area contributed by atoms with Crippen LogP contribution in [0.15, 0.2) is 12.2 Å². The molecule has 2 unspecified atom stereocenters. The quantitative estimate of drug-likeness (QED) is 0.372. The van der Waals surface area contributed by atoms with Gasteiger partial charge >= 0.3 is 5.97 Å². The highest BCUT2D eigenvalue weighted by molar-refractivity contribution is 5.86. The van der Waals surface area contributed by atoms with Crippen LogP contribution in [0.4, 0.5) is 0 Å². The van der Waals surface area contributed by atoms with Gasteiger partial charge in [-0.15, -0.1) is 0 Å². The van der Waals surface area contributed by atoms with Gasteiger partial charge in [-0.3, -0.25) is 0 Å². The number of esters is 1. The maximum absolute atomic E-state index is 11.6. The van der Waals surface area contributed by atoms with Gasteiger partial charge < -0.3 is 28.4 Å². The molecule has 2 aliphatic heterocycles. The molecular weight excluding hydrogens is 364 g/mol. The van der Waals surface area contributed by atoms with Crippen LogP contribution in [0.2, 0.25) is 0 Å². The zero-order chi connectivity index (χ0) is 19.6. The minimum atomic E-state index is -0.455.